The van der Waals surface area contributed by atoms with Crippen LogP contribution in [-0.4, -0.2) is 12.6 Å². The Labute approximate surface area is 108 Å². The van der Waals surface area contributed by atoms with Crippen molar-refractivity contribution in [3.8, 4) is 18.1 Å². The number of nitrogens with one attached hydrogen (secondary N) is 1. The lowest BCUT2D eigenvalue weighted by atomic mass is 10.1. The minimum atomic E-state index is 0.276. The number of rotatable bonds is 6. The van der Waals surface area contributed by atoms with Crippen molar-refractivity contribution in [3.05, 3.63) is 28.8 Å². The summed E-state index contributed by atoms with van der Waals surface area (Å²) in [6, 6.07) is 6.03. The molecule has 0 saturated carbocycles. The molecule has 1 atom stereocenters. The van der Waals surface area contributed by atoms with Crippen LogP contribution in [0.25, 0.3) is 0 Å². The van der Waals surface area contributed by atoms with E-state index in [4.69, 9.17) is 22.8 Å². The fraction of sp³-hybridized carbons (Fsp3) is 0.429. The lowest BCUT2D eigenvalue weighted by Crippen LogP contribution is -2.24. The van der Waals surface area contributed by atoms with E-state index in [2.05, 4.69) is 25.1 Å². The van der Waals surface area contributed by atoms with Crippen LogP contribution in [0.1, 0.15) is 25.8 Å². The highest BCUT2D eigenvalue weighted by Crippen LogP contribution is 2.23. The standard InChI is InChI=1S/C14H18ClNO/c1-4-8-17-14-7-6-13(15)9-12(14)10-16-11(3)5-2/h1,6-7,9,11,16H,5,8,10H2,2-3H3. The van der Waals surface area contributed by atoms with Crippen molar-refractivity contribution in [3.63, 3.8) is 0 Å². The number of hydrogen-bond acceptors (Lipinski definition) is 2. The third-order valence-electron chi connectivity index (χ3n) is 2.59. The van der Waals surface area contributed by atoms with Gasteiger partial charge in [-0.3, -0.25) is 0 Å². The lowest BCUT2D eigenvalue weighted by Gasteiger charge is -2.14. The summed E-state index contributed by atoms with van der Waals surface area (Å²) in [5.41, 5.74) is 1.04. The van der Waals surface area contributed by atoms with E-state index in [9.17, 15) is 0 Å². The van der Waals surface area contributed by atoms with E-state index >= 15 is 0 Å². The molecular formula is C14H18ClNO. The summed E-state index contributed by atoms with van der Waals surface area (Å²) >= 11 is 5.98. The molecule has 2 nitrogen and oxygen atoms in total. The van der Waals surface area contributed by atoms with Gasteiger partial charge in [-0.1, -0.05) is 24.4 Å². The molecule has 0 bridgehead atoms. The molecule has 0 aliphatic heterocycles. The average Bonchev–Trinajstić information content (AvgIpc) is 2.34. The zero-order chi connectivity index (χ0) is 12.7. The SMILES string of the molecule is C#CCOc1ccc(Cl)cc1CNC(C)CC. The Morgan fingerprint density at radius 2 is 2.29 bits per heavy atom. The van der Waals surface area contributed by atoms with Crippen LogP contribution in [0, 0.1) is 12.3 Å². The first-order chi connectivity index (χ1) is 8.17. The minimum absolute atomic E-state index is 0.276. The molecule has 0 fully saturated rings. The molecule has 1 N–H and O–H groups in total. The molecule has 0 radical (unpaired) electrons. The number of ether oxygens (including phenoxy) is 1. The molecule has 1 aromatic carbocycles. The first-order valence-electron chi connectivity index (χ1n) is 5.75. The van der Waals surface area contributed by atoms with Crippen molar-refractivity contribution >= 4 is 11.6 Å². The van der Waals surface area contributed by atoms with Crippen LogP contribution < -0.4 is 10.1 Å². The van der Waals surface area contributed by atoms with E-state index in [1.165, 1.54) is 0 Å². The number of benzene rings is 1. The van der Waals surface area contributed by atoms with Gasteiger partial charge in [0.1, 0.15) is 12.4 Å². The maximum Gasteiger partial charge on any atom is 0.148 e. The second-order valence-electron chi connectivity index (χ2n) is 3.94. The van der Waals surface area contributed by atoms with Crippen LogP contribution in [0.4, 0.5) is 0 Å². The molecule has 92 valence electrons. The molecule has 0 amide bonds. The maximum atomic E-state index is 5.98. The van der Waals surface area contributed by atoms with Gasteiger partial charge in [-0.15, -0.1) is 6.42 Å². The molecular weight excluding hydrogens is 234 g/mol. The molecule has 0 heterocycles. The molecule has 0 spiro atoms. The maximum absolute atomic E-state index is 5.98. The predicted molar refractivity (Wildman–Crippen MR) is 72.4 cm³/mol. The Kier molecular flexibility index (Phi) is 5.90. The van der Waals surface area contributed by atoms with Crippen molar-refractivity contribution in [2.45, 2.75) is 32.9 Å². The molecule has 1 aromatic rings. The van der Waals surface area contributed by atoms with Gasteiger partial charge >= 0.3 is 0 Å². The molecule has 1 rings (SSSR count). The van der Waals surface area contributed by atoms with E-state index < -0.39 is 0 Å². The smallest absolute Gasteiger partial charge is 0.148 e. The normalized spacial score (nSPS) is 11.9. The molecule has 3 heteroatoms. The zero-order valence-electron chi connectivity index (χ0n) is 10.3. The Morgan fingerprint density at radius 3 is 2.94 bits per heavy atom. The van der Waals surface area contributed by atoms with Gasteiger partial charge in [0.05, 0.1) is 0 Å². The van der Waals surface area contributed by atoms with Crippen molar-refractivity contribution in [1.29, 1.82) is 0 Å². The Morgan fingerprint density at radius 1 is 1.53 bits per heavy atom. The van der Waals surface area contributed by atoms with Gasteiger partial charge in [0.15, 0.2) is 0 Å². The Balaban J connectivity index is 2.73. The van der Waals surface area contributed by atoms with Crippen molar-refractivity contribution in [2.75, 3.05) is 6.61 Å². The Bertz CT molecular complexity index is 398. The average molecular weight is 252 g/mol. The fourth-order valence-corrected chi connectivity index (χ4v) is 1.57. The number of terminal acetylenes is 1. The third-order valence-corrected chi connectivity index (χ3v) is 2.82. The van der Waals surface area contributed by atoms with Crippen molar-refractivity contribution in [2.24, 2.45) is 0 Å². The second kappa shape index (κ2) is 7.21. The first-order valence-corrected chi connectivity index (χ1v) is 6.13. The summed E-state index contributed by atoms with van der Waals surface area (Å²) in [5.74, 6) is 3.25. The monoisotopic (exact) mass is 251 g/mol. The summed E-state index contributed by atoms with van der Waals surface area (Å²) in [7, 11) is 0. The van der Waals surface area contributed by atoms with Crippen LogP contribution in [0.15, 0.2) is 18.2 Å². The topological polar surface area (TPSA) is 21.3 Å². The minimum Gasteiger partial charge on any atom is -0.481 e. The van der Waals surface area contributed by atoms with E-state index in [0.717, 1.165) is 24.3 Å². The lowest BCUT2D eigenvalue weighted by molar-refractivity contribution is 0.363. The molecule has 0 aliphatic carbocycles. The highest BCUT2D eigenvalue weighted by Gasteiger charge is 2.06. The Hall–Kier alpha value is -1.17. The van der Waals surface area contributed by atoms with Gasteiger partial charge in [-0.2, -0.15) is 0 Å². The third kappa shape index (κ3) is 4.68. The number of halogens is 1. The van der Waals surface area contributed by atoms with Crippen LogP contribution in [0.5, 0.6) is 5.75 Å². The van der Waals surface area contributed by atoms with E-state index in [1.807, 2.05) is 12.1 Å². The van der Waals surface area contributed by atoms with E-state index in [-0.39, 0.29) is 6.61 Å². The van der Waals surface area contributed by atoms with Crippen LogP contribution in [0.3, 0.4) is 0 Å². The highest BCUT2D eigenvalue weighted by atomic mass is 35.5. The van der Waals surface area contributed by atoms with Crippen molar-refractivity contribution in [1.82, 2.24) is 5.32 Å². The van der Waals surface area contributed by atoms with Crippen LogP contribution in [-0.2, 0) is 6.54 Å². The first kappa shape index (κ1) is 13.9. The summed E-state index contributed by atoms with van der Waals surface area (Å²) < 4.78 is 5.47. The predicted octanol–water partition coefficient (Wildman–Crippen LogP) is 3.24. The number of hydrogen-bond donors (Lipinski definition) is 1. The fourth-order valence-electron chi connectivity index (χ4n) is 1.37. The molecule has 0 saturated heterocycles. The van der Waals surface area contributed by atoms with Gasteiger partial charge < -0.3 is 10.1 Å². The van der Waals surface area contributed by atoms with E-state index in [1.54, 1.807) is 6.07 Å². The second-order valence-corrected chi connectivity index (χ2v) is 4.37. The van der Waals surface area contributed by atoms with Gasteiger partial charge in [-0.05, 0) is 31.5 Å². The molecule has 1 unspecified atom stereocenters. The molecule has 17 heavy (non-hydrogen) atoms. The van der Waals surface area contributed by atoms with Gasteiger partial charge in [0.2, 0.25) is 0 Å². The zero-order valence-corrected chi connectivity index (χ0v) is 11.1. The largest absolute Gasteiger partial charge is 0.481 e. The summed E-state index contributed by atoms with van der Waals surface area (Å²) in [6.07, 6.45) is 6.27. The van der Waals surface area contributed by atoms with Gasteiger partial charge in [-0.25, -0.2) is 0 Å². The van der Waals surface area contributed by atoms with Crippen LogP contribution in [0.2, 0.25) is 5.02 Å². The van der Waals surface area contributed by atoms with Crippen molar-refractivity contribution < 1.29 is 4.74 Å². The van der Waals surface area contributed by atoms with Crippen LogP contribution >= 0.6 is 11.6 Å². The van der Waals surface area contributed by atoms with Gasteiger partial charge in [0.25, 0.3) is 0 Å². The van der Waals surface area contributed by atoms with Gasteiger partial charge in [0, 0.05) is 23.2 Å². The highest BCUT2D eigenvalue weighted by molar-refractivity contribution is 6.30. The van der Waals surface area contributed by atoms with E-state index in [0.29, 0.717) is 11.1 Å². The molecule has 0 aliphatic rings. The summed E-state index contributed by atoms with van der Waals surface area (Å²) in [5, 5.41) is 4.11. The summed E-state index contributed by atoms with van der Waals surface area (Å²) in [6.45, 7) is 5.30. The summed E-state index contributed by atoms with van der Waals surface area (Å²) in [4.78, 5) is 0. The molecule has 0 aromatic heterocycles. The quantitative estimate of drug-likeness (QED) is 0.784.